The minimum Gasteiger partial charge on any atom is -0.494 e. The highest BCUT2D eigenvalue weighted by molar-refractivity contribution is 6.06. The third-order valence-corrected chi connectivity index (χ3v) is 2.19. The number of carbonyl (C=O) groups is 1. The van der Waals surface area contributed by atoms with Crippen molar-refractivity contribution < 1.29 is 9.53 Å². The molecular formula is C12H11N3O2. The quantitative estimate of drug-likeness (QED) is 0.745. The molecule has 0 spiro atoms. The highest BCUT2D eigenvalue weighted by atomic mass is 16.5. The number of rotatable bonds is 3. The monoisotopic (exact) mass is 229 g/mol. The minimum atomic E-state index is -0.345. The lowest BCUT2D eigenvalue weighted by atomic mass is 10.2. The maximum Gasteiger partial charge on any atom is 0.252 e. The zero-order valence-corrected chi connectivity index (χ0v) is 9.54. The van der Waals surface area contributed by atoms with Gasteiger partial charge in [0.15, 0.2) is 5.69 Å². The van der Waals surface area contributed by atoms with Crippen molar-refractivity contribution in [2.45, 2.75) is 6.92 Å². The molecule has 0 aliphatic heterocycles. The summed E-state index contributed by atoms with van der Waals surface area (Å²) in [6.45, 7) is 1.86. The van der Waals surface area contributed by atoms with Gasteiger partial charge in [-0.3, -0.25) is 4.79 Å². The Labute approximate surface area is 98.5 Å². The standard InChI is InChI=1S/C12H11N3O2/c1-8-6-14-12(15-7-8)11(16)10-9(17-2)4-3-5-13-10/h3-7H,1-2H3. The molecule has 0 N–H and O–H groups in total. The predicted octanol–water partition coefficient (Wildman–Crippen LogP) is 1.42. The summed E-state index contributed by atoms with van der Waals surface area (Å²) in [5, 5.41) is 0. The zero-order chi connectivity index (χ0) is 12.3. The molecule has 5 heteroatoms. The largest absolute Gasteiger partial charge is 0.494 e. The van der Waals surface area contributed by atoms with Crippen molar-refractivity contribution in [2.75, 3.05) is 7.11 Å². The predicted molar refractivity (Wildman–Crippen MR) is 61.0 cm³/mol. The maximum atomic E-state index is 12.1. The van der Waals surface area contributed by atoms with Crippen LogP contribution < -0.4 is 4.74 Å². The molecular weight excluding hydrogens is 218 g/mol. The van der Waals surface area contributed by atoms with Gasteiger partial charge in [-0.2, -0.15) is 0 Å². The number of carbonyl (C=O) groups excluding carboxylic acids is 1. The van der Waals surface area contributed by atoms with E-state index in [0.717, 1.165) is 5.56 Å². The van der Waals surface area contributed by atoms with E-state index in [2.05, 4.69) is 15.0 Å². The summed E-state index contributed by atoms with van der Waals surface area (Å²) >= 11 is 0. The van der Waals surface area contributed by atoms with Crippen molar-refractivity contribution in [2.24, 2.45) is 0 Å². The van der Waals surface area contributed by atoms with Gasteiger partial charge >= 0.3 is 0 Å². The third kappa shape index (κ3) is 2.28. The average Bonchev–Trinajstić information content (AvgIpc) is 2.39. The van der Waals surface area contributed by atoms with Crippen LogP contribution in [-0.2, 0) is 0 Å². The van der Waals surface area contributed by atoms with E-state index >= 15 is 0 Å². The van der Waals surface area contributed by atoms with Gasteiger partial charge in [0.2, 0.25) is 5.82 Å². The van der Waals surface area contributed by atoms with Gasteiger partial charge in [-0.15, -0.1) is 0 Å². The van der Waals surface area contributed by atoms with Crippen LogP contribution in [0.2, 0.25) is 0 Å². The van der Waals surface area contributed by atoms with E-state index in [0.29, 0.717) is 5.75 Å². The summed E-state index contributed by atoms with van der Waals surface area (Å²) in [6.07, 6.45) is 4.72. The second-order valence-corrected chi connectivity index (χ2v) is 3.47. The Balaban J connectivity index is 2.40. The Hall–Kier alpha value is -2.30. The van der Waals surface area contributed by atoms with Gasteiger partial charge in [0.1, 0.15) is 5.75 Å². The van der Waals surface area contributed by atoms with Gasteiger partial charge in [0.25, 0.3) is 5.78 Å². The third-order valence-electron chi connectivity index (χ3n) is 2.19. The minimum absolute atomic E-state index is 0.118. The molecule has 0 atom stereocenters. The van der Waals surface area contributed by atoms with Gasteiger partial charge < -0.3 is 4.74 Å². The van der Waals surface area contributed by atoms with Crippen molar-refractivity contribution in [3.8, 4) is 5.75 Å². The molecule has 0 fully saturated rings. The van der Waals surface area contributed by atoms with E-state index in [1.54, 1.807) is 24.5 Å². The van der Waals surface area contributed by atoms with Crippen LogP contribution in [-0.4, -0.2) is 27.8 Å². The molecule has 0 aromatic carbocycles. The van der Waals surface area contributed by atoms with Crippen molar-refractivity contribution in [3.63, 3.8) is 0 Å². The van der Waals surface area contributed by atoms with Crippen LogP contribution in [0.3, 0.4) is 0 Å². The van der Waals surface area contributed by atoms with Crippen LogP contribution >= 0.6 is 0 Å². The van der Waals surface area contributed by atoms with E-state index in [1.165, 1.54) is 13.3 Å². The van der Waals surface area contributed by atoms with Crippen LogP contribution in [0.5, 0.6) is 5.75 Å². The van der Waals surface area contributed by atoms with Gasteiger partial charge in [0.05, 0.1) is 7.11 Å². The van der Waals surface area contributed by atoms with Gasteiger partial charge in [0, 0.05) is 18.6 Å². The Morgan fingerprint density at radius 3 is 2.59 bits per heavy atom. The molecule has 2 heterocycles. The van der Waals surface area contributed by atoms with Crippen LogP contribution in [0.1, 0.15) is 21.9 Å². The highest BCUT2D eigenvalue weighted by Crippen LogP contribution is 2.16. The number of pyridine rings is 1. The fraction of sp³-hybridized carbons (Fsp3) is 0.167. The molecule has 0 bridgehead atoms. The van der Waals surface area contributed by atoms with E-state index in [1.807, 2.05) is 6.92 Å². The van der Waals surface area contributed by atoms with E-state index < -0.39 is 0 Å². The molecule has 0 saturated carbocycles. The molecule has 5 nitrogen and oxygen atoms in total. The molecule has 0 radical (unpaired) electrons. The maximum absolute atomic E-state index is 12.1. The Morgan fingerprint density at radius 1 is 1.24 bits per heavy atom. The lowest BCUT2D eigenvalue weighted by Crippen LogP contribution is -2.10. The summed E-state index contributed by atoms with van der Waals surface area (Å²) in [7, 11) is 1.49. The van der Waals surface area contributed by atoms with E-state index in [4.69, 9.17) is 4.74 Å². The van der Waals surface area contributed by atoms with Crippen LogP contribution in [0.25, 0.3) is 0 Å². The molecule has 0 aliphatic rings. The fourth-order valence-electron chi connectivity index (χ4n) is 1.34. The molecule has 2 aromatic heterocycles. The summed E-state index contributed by atoms with van der Waals surface area (Å²) in [5.41, 5.74) is 1.12. The van der Waals surface area contributed by atoms with Crippen molar-refractivity contribution in [1.82, 2.24) is 15.0 Å². The number of aryl methyl sites for hydroxylation is 1. The van der Waals surface area contributed by atoms with Crippen molar-refractivity contribution in [1.29, 1.82) is 0 Å². The highest BCUT2D eigenvalue weighted by Gasteiger charge is 2.17. The SMILES string of the molecule is COc1cccnc1C(=O)c1ncc(C)cn1. The first-order valence-electron chi connectivity index (χ1n) is 5.04. The number of aromatic nitrogens is 3. The molecule has 2 aromatic rings. The molecule has 0 unspecified atom stereocenters. The summed E-state index contributed by atoms with van der Waals surface area (Å²) in [4.78, 5) is 24.0. The molecule has 2 rings (SSSR count). The molecule has 0 aliphatic carbocycles. The first kappa shape index (κ1) is 11.2. The Kier molecular flexibility index (Phi) is 3.09. The summed E-state index contributed by atoms with van der Waals surface area (Å²) in [6, 6.07) is 3.38. The lowest BCUT2D eigenvalue weighted by Gasteiger charge is -2.04. The van der Waals surface area contributed by atoms with Gasteiger partial charge in [-0.25, -0.2) is 15.0 Å². The molecule has 86 valence electrons. The van der Waals surface area contributed by atoms with Crippen molar-refractivity contribution >= 4 is 5.78 Å². The van der Waals surface area contributed by atoms with Gasteiger partial charge in [-0.05, 0) is 24.6 Å². The van der Waals surface area contributed by atoms with E-state index in [9.17, 15) is 4.79 Å². The summed E-state index contributed by atoms with van der Waals surface area (Å²) in [5.74, 6) is 0.191. The molecule has 17 heavy (non-hydrogen) atoms. The smallest absolute Gasteiger partial charge is 0.252 e. The van der Waals surface area contributed by atoms with Gasteiger partial charge in [-0.1, -0.05) is 0 Å². The number of methoxy groups -OCH3 is 1. The number of nitrogens with zero attached hydrogens (tertiary/aromatic N) is 3. The van der Waals surface area contributed by atoms with Crippen LogP contribution in [0, 0.1) is 6.92 Å². The molecule has 0 amide bonds. The average molecular weight is 229 g/mol. The number of hydrogen-bond donors (Lipinski definition) is 0. The Morgan fingerprint density at radius 2 is 1.94 bits per heavy atom. The first-order chi connectivity index (χ1) is 8.22. The number of ketones is 1. The number of ether oxygens (including phenoxy) is 1. The topological polar surface area (TPSA) is 65.0 Å². The molecule has 0 saturated heterocycles. The second kappa shape index (κ2) is 4.69. The normalized spacial score (nSPS) is 10.0. The lowest BCUT2D eigenvalue weighted by molar-refractivity contribution is 0.102. The fourth-order valence-corrected chi connectivity index (χ4v) is 1.34. The zero-order valence-electron chi connectivity index (χ0n) is 9.54. The Bertz CT molecular complexity index is 538. The summed E-state index contributed by atoms with van der Waals surface area (Å²) < 4.78 is 5.07. The van der Waals surface area contributed by atoms with E-state index in [-0.39, 0.29) is 17.3 Å². The van der Waals surface area contributed by atoms with Crippen molar-refractivity contribution in [3.05, 3.63) is 47.8 Å². The number of hydrogen-bond acceptors (Lipinski definition) is 5. The first-order valence-corrected chi connectivity index (χ1v) is 5.04. The van der Waals surface area contributed by atoms with Crippen LogP contribution in [0.4, 0.5) is 0 Å². The second-order valence-electron chi connectivity index (χ2n) is 3.47. The van der Waals surface area contributed by atoms with Crippen LogP contribution in [0.15, 0.2) is 30.7 Å².